The van der Waals surface area contributed by atoms with Gasteiger partial charge in [-0.1, -0.05) is 6.07 Å². The number of carbonyl (C=O) groups excluding carboxylic acids is 2. The normalized spacial score (nSPS) is 19.3. The molecule has 0 saturated carbocycles. The first-order valence-electron chi connectivity index (χ1n) is 7.64. The van der Waals surface area contributed by atoms with Crippen LogP contribution in [-0.4, -0.2) is 60.8 Å². The fraction of sp³-hybridized carbons (Fsp3) is 0.533. The summed E-state index contributed by atoms with van der Waals surface area (Å²) in [4.78, 5) is 30.2. The number of nitrogens with zero attached hydrogens (tertiary/aromatic N) is 2. The third kappa shape index (κ3) is 4.28. The third-order valence-electron chi connectivity index (χ3n) is 3.82. The molecule has 1 aliphatic heterocycles. The first-order valence-corrected chi connectivity index (χ1v) is 9.46. The molecule has 7 nitrogen and oxygen atoms in total. The summed E-state index contributed by atoms with van der Waals surface area (Å²) in [7, 11) is -3.06. The fourth-order valence-corrected chi connectivity index (χ4v) is 4.19. The Hall–Kier alpha value is -1.96. The van der Waals surface area contributed by atoms with E-state index in [-0.39, 0.29) is 28.8 Å². The number of pyridine rings is 1. The van der Waals surface area contributed by atoms with Gasteiger partial charge in [-0.15, -0.1) is 0 Å². The fourth-order valence-electron chi connectivity index (χ4n) is 2.52. The highest BCUT2D eigenvalue weighted by molar-refractivity contribution is 7.91. The first-order chi connectivity index (χ1) is 10.9. The van der Waals surface area contributed by atoms with Gasteiger partial charge in [0.15, 0.2) is 9.84 Å². The second kappa shape index (κ2) is 7.08. The van der Waals surface area contributed by atoms with E-state index in [1.165, 1.54) is 6.07 Å². The molecule has 0 spiro atoms. The molecule has 1 aliphatic rings. The molecule has 1 saturated heterocycles. The smallest absolute Gasteiger partial charge is 0.272 e. The number of sulfone groups is 1. The molecule has 0 radical (unpaired) electrons. The molecule has 0 aliphatic carbocycles. The average Bonchev–Trinajstić information content (AvgIpc) is 2.87. The van der Waals surface area contributed by atoms with E-state index < -0.39 is 21.8 Å². The van der Waals surface area contributed by atoms with Crippen LogP contribution in [0.4, 0.5) is 0 Å². The van der Waals surface area contributed by atoms with Crippen molar-refractivity contribution in [2.45, 2.75) is 26.3 Å². The van der Waals surface area contributed by atoms with Gasteiger partial charge in [-0.05, 0) is 32.4 Å². The Bertz CT molecular complexity index is 698. The van der Waals surface area contributed by atoms with Crippen LogP contribution in [0.2, 0.25) is 0 Å². The highest BCUT2D eigenvalue weighted by atomic mass is 32.2. The Morgan fingerprint density at radius 2 is 1.91 bits per heavy atom. The lowest BCUT2D eigenvalue weighted by Crippen LogP contribution is -2.36. The molecule has 23 heavy (non-hydrogen) atoms. The van der Waals surface area contributed by atoms with Gasteiger partial charge in [0.25, 0.3) is 11.8 Å². The summed E-state index contributed by atoms with van der Waals surface area (Å²) in [5.41, 5.74) is 0.327. The standard InChI is InChI=1S/C15H21N3O4S/c1-3-18(4-2)15(20)13-7-5-6-12(17-13)14(19)16-11-8-9-23(21,22)10-11/h5-7,11H,3-4,8-10H2,1-2H3,(H,16,19). The van der Waals surface area contributed by atoms with Crippen LogP contribution >= 0.6 is 0 Å². The maximum Gasteiger partial charge on any atom is 0.272 e. The van der Waals surface area contributed by atoms with Crippen molar-refractivity contribution in [2.24, 2.45) is 0 Å². The monoisotopic (exact) mass is 339 g/mol. The minimum Gasteiger partial charge on any atom is -0.347 e. The molecule has 2 heterocycles. The predicted octanol–water partition coefficient (Wildman–Crippen LogP) is 0.480. The van der Waals surface area contributed by atoms with Crippen LogP contribution in [0.25, 0.3) is 0 Å². The first kappa shape index (κ1) is 17.4. The highest BCUT2D eigenvalue weighted by Crippen LogP contribution is 2.12. The molecule has 8 heteroatoms. The maximum atomic E-state index is 12.3. The number of hydrogen-bond donors (Lipinski definition) is 1. The maximum absolute atomic E-state index is 12.3. The van der Waals surface area contributed by atoms with Crippen LogP contribution in [0, 0.1) is 0 Å². The molecular weight excluding hydrogens is 318 g/mol. The highest BCUT2D eigenvalue weighted by Gasteiger charge is 2.29. The van der Waals surface area contributed by atoms with E-state index in [9.17, 15) is 18.0 Å². The largest absolute Gasteiger partial charge is 0.347 e. The number of rotatable bonds is 5. The topological polar surface area (TPSA) is 96.4 Å². The summed E-state index contributed by atoms with van der Waals surface area (Å²) in [6.07, 6.45) is 0.409. The lowest BCUT2D eigenvalue weighted by molar-refractivity contribution is 0.0767. The molecule has 2 rings (SSSR count). The van der Waals surface area contributed by atoms with Crippen LogP contribution in [0.15, 0.2) is 18.2 Å². The summed E-state index contributed by atoms with van der Waals surface area (Å²) in [5.74, 6) is -0.641. The van der Waals surface area contributed by atoms with Crippen LogP contribution in [0.1, 0.15) is 41.2 Å². The van der Waals surface area contributed by atoms with Crippen molar-refractivity contribution >= 4 is 21.7 Å². The van der Waals surface area contributed by atoms with Crippen LogP contribution in [0.3, 0.4) is 0 Å². The Morgan fingerprint density at radius 1 is 1.26 bits per heavy atom. The quantitative estimate of drug-likeness (QED) is 0.842. The van der Waals surface area contributed by atoms with Gasteiger partial charge < -0.3 is 10.2 Å². The summed E-state index contributed by atoms with van der Waals surface area (Å²) in [6, 6.07) is 4.29. The van der Waals surface area contributed by atoms with Crippen LogP contribution < -0.4 is 5.32 Å². The lowest BCUT2D eigenvalue weighted by atomic mass is 10.2. The van der Waals surface area contributed by atoms with E-state index in [2.05, 4.69) is 10.3 Å². The van der Waals surface area contributed by atoms with Crippen molar-refractivity contribution in [1.82, 2.24) is 15.2 Å². The van der Waals surface area contributed by atoms with E-state index in [0.29, 0.717) is 19.5 Å². The molecule has 1 fully saturated rings. The molecule has 0 aromatic carbocycles. The van der Waals surface area contributed by atoms with Crippen molar-refractivity contribution < 1.29 is 18.0 Å². The number of amides is 2. The zero-order chi connectivity index (χ0) is 17.0. The summed E-state index contributed by atoms with van der Waals surface area (Å²) in [6.45, 7) is 4.87. The SMILES string of the molecule is CCN(CC)C(=O)c1cccc(C(=O)NC2CCS(=O)(=O)C2)n1. The third-order valence-corrected chi connectivity index (χ3v) is 5.59. The van der Waals surface area contributed by atoms with E-state index in [0.717, 1.165) is 0 Å². The molecule has 1 atom stereocenters. The molecule has 1 N–H and O–H groups in total. The second-order valence-electron chi connectivity index (χ2n) is 5.46. The van der Waals surface area contributed by atoms with Gasteiger partial charge in [0.05, 0.1) is 11.5 Å². The van der Waals surface area contributed by atoms with Crippen molar-refractivity contribution in [3.05, 3.63) is 29.6 Å². The second-order valence-corrected chi connectivity index (χ2v) is 7.69. The molecule has 1 aromatic rings. The molecule has 1 aromatic heterocycles. The zero-order valence-electron chi connectivity index (χ0n) is 13.3. The Morgan fingerprint density at radius 3 is 2.48 bits per heavy atom. The van der Waals surface area contributed by atoms with Crippen LogP contribution in [0.5, 0.6) is 0 Å². The van der Waals surface area contributed by atoms with Crippen LogP contribution in [-0.2, 0) is 9.84 Å². The van der Waals surface area contributed by atoms with Crippen molar-refractivity contribution in [1.29, 1.82) is 0 Å². The Kier molecular flexibility index (Phi) is 5.35. The average molecular weight is 339 g/mol. The Labute approximate surface area is 136 Å². The van der Waals surface area contributed by atoms with Gasteiger partial charge in [-0.25, -0.2) is 13.4 Å². The van der Waals surface area contributed by atoms with Gasteiger partial charge in [0, 0.05) is 19.1 Å². The number of carbonyl (C=O) groups is 2. The number of aromatic nitrogens is 1. The summed E-state index contributed by atoms with van der Waals surface area (Å²) in [5, 5.41) is 2.67. The van der Waals surface area contributed by atoms with E-state index >= 15 is 0 Å². The molecule has 1 unspecified atom stereocenters. The van der Waals surface area contributed by atoms with Gasteiger partial charge in [0.1, 0.15) is 11.4 Å². The van der Waals surface area contributed by atoms with Gasteiger partial charge in [-0.3, -0.25) is 9.59 Å². The molecule has 2 amide bonds. The van der Waals surface area contributed by atoms with Crippen molar-refractivity contribution in [3.8, 4) is 0 Å². The summed E-state index contributed by atoms with van der Waals surface area (Å²) < 4.78 is 22.9. The van der Waals surface area contributed by atoms with E-state index in [1.807, 2.05) is 13.8 Å². The molecular formula is C15H21N3O4S. The number of hydrogen-bond acceptors (Lipinski definition) is 5. The van der Waals surface area contributed by atoms with E-state index in [4.69, 9.17) is 0 Å². The zero-order valence-corrected chi connectivity index (χ0v) is 14.1. The van der Waals surface area contributed by atoms with Crippen molar-refractivity contribution in [2.75, 3.05) is 24.6 Å². The van der Waals surface area contributed by atoms with Gasteiger partial charge >= 0.3 is 0 Å². The van der Waals surface area contributed by atoms with Crippen molar-refractivity contribution in [3.63, 3.8) is 0 Å². The molecule has 0 bridgehead atoms. The summed E-state index contributed by atoms with van der Waals surface area (Å²) >= 11 is 0. The van der Waals surface area contributed by atoms with E-state index in [1.54, 1.807) is 17.0 Å². The number of nitrogens with one attached hydrogen (secondary N) is 1. The minimum atomic E-state index is -3.06. The van der Waals surface area contributed by atoms with Gasteiger partial charge in [-0.2, -0.15) is 0 Å². The predicted molar refractivity (Wildman–Crippen MR) is 86.0 cm³/mol. The Balaban J connectivity index is 2.10. The lowest BCUT2D eigenvalue weighted by Gasteiger charge is -2.18. The molecule has 126 valence electrons. The minimum absolute atomic E-state index is 0.0448. The van der Waals surface area contributed by atoms with Gasteiger partial charge in [0.2, 0.25) is 0 Å².